The number of carbonyl (C=O) groups is 2. The fraction of sp³-hybridized carbons (Fsp3) is 0.227. The predicted molar refractivity (Wildman–Crippen MR) is 106 cm³/mol. The number of ether oxygens (including phenoxy) is 1. The third-order valence-electron chi connectivity index (χ3n) is 4.36. The van der Waals surface area contributed by atoms with Gasteiger partial charge in [0.2, 0.25) is 5.88 Å². The van der Waals surface area contributed by atoms with Gasteiger partial charge in [0, 0.05) is 11.6 Å². The number of esters is 1. The Morgan fingerprint density at radius 1 is 1.11 bits per heavy atom. The SMILES string of the molecule is CC[C@@H](C(=O)OCC(=O)Nc1cc(-c2ccc(C)cc2)no1)c1ccccc1. The van der Waals surface area contributed by atoms with Crippen molar-refractivity contribution in [2.24, 2.45) is 0 Å². The number of amides is 1. The minimum absolute atomic E-state index is 0.201. The summed E-state index contributed by atoms with van der Waals surface area (Å²) in [5, 5.41) is 6.50. The molecule has 0 bridgehead atoms. The van der Waals surface area contributed by atoms with E-state index >= 15 is 0 Å². The smallest absolute Gasteiger partial charge is 0.313 e. The van der Waals surface area contributed by atoms with Gasteiger partial charge in [-0.25, -0.2) is 0 Å². The van der Waals surface area contributed by atoms with Gasteiger partial charge in [-0.3, -0.25) is 14.9 Å². The second-order valence-corrected chi connectivity index (χ2v) is 6.47. The maximum absolute atomic E-state index is 12.3. The highest BCUT2D eigenvalue weighted by molar-refractivity contribution is 5.92. The predicted octanol–water partition coefficient (Wildman–Crippen LogP) is 4.33. The summed E-state index contributed by atoms with van der Waals surface area (Å²) in [7, 11) is 0. The van der Waals surface area contributed by atoms with Gasteiger partial charge in [0.05, 0.1) is 5.92 Å². The lowest BCUT2D eigenvalue weighted by Gasteiger charge is -2.14. The van der Waals surface area contributed by atoms with Crippen molar-refractivity contribution >= 4 is 17.8 Å². The molecule has 1 atom stereocenters. The Balaban J connectivity index is 1.54. The number of carbonyl (C=O) groups excluding carboxylic acids is 2. The molecule has 0 unspecified atom stereocenters. The van der Waals surface area contributed by atoms with Crippen molar-refractivity contribution in [3.05, 3.63) is 71.8 Å². The van der Waals surface area contributed by atoms with Gasteiger partial charge >= 0.3 is 5.97 Å². The van der Waals surface area contributed by atoms with Crippen LogP contribution in [-0.4, -0.2) is 23.6 Å². The average Bonchev–Trinajstić information content (AvgIpc) is 3.17. The molecular weight excluding hydrogens is 356 g/mol. The van der Waals surface area contributed by atoms with Gasteiger partial charge < -0.3 is 9.26 Å². The molecule has 6 heteroatoms. The van der Waals surface area contributed by atoms with E-state index in [2.05, 4.69) is 10.5 Å². The highest BCUT2D eigenvalue weighted by atomic mass is 16.5. The monoisotopic (exact) mass is 378 g/mol. The largest absolute Gasteiger partial charge is 0.455 e. The molecule has 0 aliphatic rings. The first-order valence-electron chi connectivity index (χ1n) is 9.12. The fourth-order valence-electron chi connectivity index (χ4n) is 2.83. The maximum atomic E-state index is 12.3. The van der Waals surface area contributed by atoms with Gasteiger partial charge in [-0.2, -0.15) is 0 Å². The van der Waals surface area contributed by atoms with E-state index in [0.717, 1.165) is 16.7 Å². The molecule has 1 N–H and O–H groups in total. The number of aryl methyl sites for hydroxylation is 1. The van der Waals surface area contributed by atoms with Crippen molar-refractivity contribution in [2.75, 3.05) is 11.9 Å². The molecule has 1 amide bonds. The molecule has 0 fully saturated rings. The Bertz CT molecular complexity index is 933. The van der Waals surface area contributed by atoms with E-state index < -0.39 is 17.8 Å². The lowest BCUT2D eigenvalue weighted by molar-refractivity contribution is -0.149. The summed E-state index contributed by atoms with van der Waals surface area (Å²) in [6.45, 7) is 3.52. The second-order valence-electron chi connectivity index (χ2n) is 6.47. The third kappa shape index (κ3) is 4.85. The van der Waals surface area contributed by atoms with Crippen LogP contribution in [0.1, 0.15) is 30.4 Å². The zero-order chi connectivity index (χ0) is 19.9. The van der Waals surface area contributed by atoms with Gasteiger partial charge in [-0.15, -0.1) is 0 Å². The summed E-state index contributed by atoms with van der Waals surface area (Å²) in [4.78, 5) is 24.4. The lowest BCUT2D eigenvalue weighted by Crippen LogP contribution is -2.23. The van der Waals surface area contributed by atoms with Crippen LogP contribution in [0.15, 0.2) is 65.2 Å². The first kappa shape index (κ1) is 19.4. The quantitative estimate of drug-likeness (QED) is 0.619. The number of hydrogen-bond acceptors (Lipinski definition) is 5. The zero-order valence-electron chi connectivity index (χ0n) is 15.8. The van der Waals surface area contributed by atoms with Crippen LogP contribution in [0.5, 0.6) is 0 Å². The maximum Gasteiger partial charge on any atom is 0.313 e. The van der Waals surface area contributed by atoms with E-state index in [4.69, 9.17) is 9.26 Å². The molecule has 0 spiro atoms. The van der Waals surface area contributed by atoms with Crippen LogP contribution >= 0.6 is 0 Å². The molecular formula is C22H22N2O4. The highest BCUT2D eigenvalue weighted by Gasteiger charge is 2.21. The molecule has 28 heavy (non-hydrogen) atoms. The number of nitrogens with one attached hydrogen (secondary N) is 1. The van der Waals surface area contributed by atoms with E-state index in [1.54, 1.807) is 6.07 Å². The van der Waals surface area contributed by atoms with E-state index in [-0.39, 0.29) is 12.5 Å². The van der Waals surface area contributed by atoms with Gasteiger partial charge in [0.15, 0.2) is 6.61 Å². The Kier molecular flexibility index (Phi) is 6.22. The average molecular weight is 378 g/mol. The topological polar surface area (TPSA) is 81.4 Å². The van der Waals surface area contributed by atoms with Crippen molar-refractivity contribution in [3.63, 3.8) is 0 Å². The summed E-state index contributed by atoms with van der Waals surface area (Å²) in [5.41, 5.74) is 3.51. The molecule has 1 heterocycles. The van der Waals surface area contributed by atoms with Crippen LogP contribution in [-0.2, 0) is 14.3 Å². The number of benzene rings is 2. The summed E-state index contributed by atoms with van der Waals surface area (Å²) in [6, 6.07) is 18.8. The van der Waals surface area contributed by atoms with Crippen LogP contribution in [0.2, 0.25) is 0 Å². The van der Waals surface area contributed by atoms with Crippen molar-refractivity contribution in [1.29, 1.82) is 0 Å². The summed E-state index contributed by atoms with van der Waals surface area (Å²) in [6.07, 6.45) is 0.590. The number of hydrogen-bond donors (Lipinski definition) is 1. The third-order valence-corrected chi connectivity index (χ3v) is 4.36. The second kappa shape index (κ2) is 8.99. The van der Waals surface area contributed by atoms with Crippen molar-refractivity contribution < 1.29 is 18.8 Å². The molecule has 0 radical (unpaired) electrons. The highest BCUT2D eigenvalue weighted by Crippen LogP contribution is 2.23. The van der Waals surface area contributed by atoms with Gasteiger partial charge in [0.1, 0.15) is 5.69 Å². The Morgan fingerprint density at radius 3 is 2.50 bits per heavy atom. The van der Waals surface area contributed by atoms with E-state index in [0.29, 0.717) is 12.1 Å². The van der Waals surface area contributed by atoms with E-state index in [1.165, 1.54) is 0 Å². The molecule has 0 aliphatic carbocycles. The normalized spacial score (nSPS) is 11.6. The Morgan fingerprint density at radius 2 is 1.82 bits per heavy atom. The minimum Gasteiger partial charge on any atom is -0.455 e. The van der Waals surface area contributed by atoms with Crippen LogP contribution in [0.3, 0.4) is 0 Å². The van der Waals surface area contributed by atoms with E-state index in [1.807, 2.05) is 68.4 Å². The molecule has 3 rings (SSSR count). The molecule has 1 aromatic heterocycles. The molecule has 2 aromatic carbocycles. The van der Waals surface area contributed by atoms with Crippen LogP contribution in [0.25, 0.3) is 11.3 Å². The number of anilines is 1. The lowest BCUT2D eigenvalue weighted by atomic mass is 9.97. The van der Waals surface area contributed by atoms with Crippen LogP contribution in [0.4, 0.5) is 5.88 Å². The molecule has 144 valence electrons. The van der Waals surface area contributed by atoms with Gasteiger partial charge in [0.25, 0.3) is 5.91 Å². The van der Waals surface area contributed by atoms with Crippen LogP contribution in [0, 0.1) is 6.92 Å². The van der Waals surface area contributed by atoms with Crippen molar-refractivity contribution in [2.45, 2.75) is 26.2 Å². The zero-order valence-corrected chi connectivity index (χ0v) is 15.8. The minimum atomic E-state index is -0.483. The standard InChI is InChI=1S/C22H22N2O4/c1-3-18(16-7-5-4-6-8-16)22(26)27-14-20(25)23-21-13-19(24-28-21)17-11-9-15(2)10-12-17/h4-13,18H,3,14H2,1-2H3,(H,23,25)/t18-/m1/s1. The summed E-state index contributed by atoms with van der Waals surface area (Å²) >= 11 is 0. The number of rotatable bonds is 7. The summed E-state index contributed by atoms with van der Waals surface area (Å²) < 4.78 is 10.3. The van der Waals surface area contributed by atoms with Gasteiger partial charge in [-0.1, -0.05) is 72.2 Å². The number of aromatic nitrogens is 1. The summed E-state index contributed by atoms with van der Waals surface area (Å²) in [5.74, 6) is -1.11. The molecule has 3 aromatic rings. The first-order chi connectivity index (χ1) is 13.6. The van der Waals surface area contributed by atoms with Crippen molar-refractivity contribution in [3.8, 4) is 11.3 Å². The fourth-order valence-corrected chi connectivity index (χ4v) is 2.83. The molecule has 0 aliphatic heterocycles. The van der Waals surface area contributed by atoms with E-state index in [9.17, 15) is 9.59 Å². The Hall–Kier alpha value is -3.41. The number of nitrogens with zero attached hydrogens (tertiary/aromatic N) is 1. The van der Waals surface area contributed by atoms with Crippen molar-refractivity contribution in [1.82, 2.24) is 5.16 Å². The molecule has 6 nitrogen and oxygen atoms in total. The van der Waals surface area contributed by atoms with Crippen LogP contribution < -0.4 is 5.32 Å². The Labute approximate surface area is 163 Å². The first-order valence-corrected chi connectivity index (χ1v) is 9.12. The molecule has 0 saturated carbocycles. The molecule has 0 saturated heterocycles. The van der Waals surface area contributed by atoms with Gasteiger partial charge in [-0.05, 0) is 18.9 Å².